The molecule has 0 aliphatic carbocycles. The number of aromatic hydroxyl groups is 1. The molecule has 0 fully saturated rings. The number of carboxylic acid groups (broad SMARTS) is 1. The van der Waals surface area contributed by atoms with E-state index in [1.807, 2.05) is 0 Å². The van der Waals surface area contributed by atoms with Crippen LogP contribution in [0.4, 0.5) is 5.69 Å². The van der Waals surface area contributed by atoms with Gasteiger partial charge in [0.2, 0.25) is 0 Å². The molecule has 0 saturated carbocycles. The number of hydrogen-bond donors (Lipinski definition) is 3. The third-order valence-corrected chi connectivity index (χ3v) is 2.03. The average Bonchev–Trinajstić information content (AvgIpc) is 2.20. The maximum atomic E-state index is 10.5. The van der Waals surface area contributed by atoms with Gasteiger partial charge in [-0.25, -0.2) is 0 Å². The number of hydrogen-bond acceptors (Lipinski definition) is 5. The molecule has 1 atom stereocenters. The Morgan fingerprint density at radius 3 is 2.69 bits per heavy atom. The number of carboxylic acids is 1. The van der Waals surface area contributed by atoms with E-state index in [9.17, 15) is 20.0 Å². The minimum absolute atomic E-state index is 0.143. The fourth-order valence-corrected chi connectivity index (χ4v) is 1.17. The van der Waals surface area contributed by atoms with Crippen LogP contribution in [-0.4, -0.2) is 27.1 Å². The number of nitro groups is 1. The summed E-state index contributed by atoms with van der Waals surface area (Å²) in [6.07, 6.45) is -0.164. The highest BCUT2D eigenvalue weighted by molar-refractivity contribution is 5.73. The van der Waals surface area contributed by atoms with Gasteiger partial charge < -0.3 is 15.9 Å². The lowest BCUT2D eigenvalue weighted by Gasteiger charge is -2.07. The van der Waals surface area contributed by atoms with E-state index in [0.29, 0.717) is 0 Å². The predicted molar refractivity (Wildman–Crippen MR) is 54.1 cm³/mol. The number of non-ortho nitro benzene ring substituents is 1. The minimum atomic E-state index is -1.23. The normalized spacial score (nSPS) is 12.1. The van der Waals surface area contributed by atoms with Crippen molar-refractivity contribution in [2.24, 2.45) is 5.73 Å². The van der Waals surface area contributed by atoms with Crippen molar-refractivity contribution >= 4 is 11.7 Å². The summed E-state index contributed by atoms with van der Waals surface area (Å²) in [5.74, 6) is -1.44. The lowest BCUT2D eigenvalue weighted by Crippen LogP contribution is -2.32. The molecule has 1 aromatic rings. The summed E-state index contributed by atoms with van der Waals surface area (Å²) in [6.45, 7) is 0. The highest BCUT2D eigenvalue weighted by atomic mass is 16.6. The van der Waals surface area contributed by atoms with Crippen LogP contribution in [-0.2, 0) is 11.2 Å². The standard InChI is InChI=1S/C9H10N2O5/c10-7(9(13)14)4-5-3-6(11(15)16)1-2-8(5)12/h1-3,7,12H,4,10H2,(H,13,14)/t7-/m0/s1. The Labute approximate surface area is 90.3 Å². The van der Waals surface area contributed by atoms with Crippen molar-refractivity contribution in [3.05, 3.63) is 33.9 Å². The van der Waals surface area contributed by atoms with E-state index in [1.54, 1.807) is 0 Å². The quantitative estimate of drug-likeness (QED) is 0.499. The number of carbonyl (C=O) groups is 1. The molecule has 0 bridgehead atoms. The molecule has 7 nitrogen and oxygen atoms in total. The van der Waals surface area contributed by atoms with Crippen LogP contribution >= 0.6 is 0 Å². The number of aliphatic carboxylic acids is 1. The first-order valence-corrected chi connectivity index (χ1v) is 4.36. The molecule has 0 unspecified atom stereocenters. The number of rotatable bonds is 4. The van der Waals surface area contributed by atoms with Crippen LogP contribution in [0.3, 0.4) is 0 Å². The fourth-order valence-electron chi connectivity index (χ4n) is 1.17. The van der Waals surface area contributed by atoms with Crippen LogP contribution in [0.25, 0.3) is 0 Å². The van der Waals surface area contributed by atoms with Crippen LogP contribution in [0.1, 0.15) is 5.56 Å². The van der Waals surface area contributed by atoms with E-state index < -0.39 is 16.9 Å². The van der Waals surface area contributed by atoms with Crippen LogP contribution in [0.15, 0.2) is 18.2 Å². The molecule has 0 aliphatic rings. The van der Waals surface area contributed by atoms with Gasteiger partial charge in [-0.15, -0.1) is 0 Å². The fraction of sp³-hybridized carbons (Fsp3) is 0.222. The van der Waals surface area contributed by atoms with Crippen molar-refractivity contribution in [3.63, 3.8) is 0 Å². The summed E-state index contributed by atoms with van der Waals surface area (Å²) < 4.78 is 0. The van der Waals surface area contributed by atoms with Crippen molar-refractivity contribution in [2.45, 2.75) is 12.5 Å². The Morgan fingerprint density at radius 1 is 1.56 bits per heavy atom. The lowest BCUT2D eigenvalue weighted by molar-refractivity contribution is -0.384. The van der Waals surface area contributed by atoms with Crippen molar-refractivity contribution < 1.29 is 19.9 Å². The molecule has 1 aromatic carbocycles. The van der Waals surface area contributed by atoms with E-state index in [2.05, 4.69) is 0 Å². The molecule has 0 amide bonds. The Balaban J connectivity index is 2.98. The van der Waals surface area contributed by atoms with Crippen LogP contribution in [0.2, 0.25) is 0 Å². The molecule has 7 heteroatoms. The summed E-state index contributed by atoms with van der Waals surface area (Å²) in [5.41, 5.74) is 5.19. The minimum Gasteiger partial charge on any atom is -0.508 e. The first kappa shape index (κ1) is 11.9. The first-order valence-electron chi connectivity index (χ1n) is 4.36. The van der Waals surface area contributed by atoms with E-state index in [4.69, 9.17) is 10.8 Å². The average molecular weight is 226 g/mol. The van der Waals surface area contributed by atoms with Crippen molar-refractivity contribution in [1.29, 1.82) is 0 Å². The molecule has 16 heavy (non-hydrogen) atoms. The second-order valence-electron chi connectivity index (χ2n) is 3.22. The molecular formula is C9H10N2O5. The van der Waals surface area contributed by atoms with E-state index in [1.165, 1.54) is 0 Å². The molecule has 0 spiro atoms. The Hall–Kier alpha value is -2.15. The highest BCUT2D eigenvalue weighted by Crippen LogP contribution is 2.23. The number of phenolic OH excluding ortho intramolecular Hbond substituents is 1. The maximum Gasteiger partial charge on any atom is 0.320 e. The monoisotopic (exact) mass is 226 g/mol. The molecular weight excluding hydrogens is 216 g/mol. The van der Waals surface area contributed by atoms with Crippen molar-refractivity contribution in [2.75, 3.05) is 0 Å². The SMILES string of the molecule is N[C@@H](Cc1cc([N+](=O)[O-])ccc1O)C(=O)O. The van der Waals surface area contributed by atoms with Crippen LogP contribution in [0.5, 0.6) is 5.75 Å². The predicted octanol–water partition coefficient (Wildman–Crippen LogP) is 0.255. The number of nitro benzene ring substituents is 1. The van der Waals surface area contributed by atoms with Gasteiger partial charge in [0.1, 0.15) is 11.8 Å². The second kappa shape index (κ2) is 4.58. The molecule has 0 radical (unpaired) electrons. The molecule has 0 saturated heterocycles. The number of nitrogens with two attached hydrogens (primary N) is 1. The molecule has 4 N–H and O–H groups in total. The van der Waals surface area contributed by atoms with E-state index in [-0.39, 0.29) is 23.4 Å². The largest absolute Gasteiger partial charge is 0.508 e. The number of nitrogens with zero attached hydrogens (tertiary/aromatic N) is 1. The summed E-state index contributed by atoms with van der Waals surface area (Å²) in [7, 11) is 0. The third-order valence-electron chi connectivity index (χ3n) is 2.03. The topological polar surface area (TPSA) is 127 Å². The number of benzene rings is 1. The van der Waals surface area contributed by atoms with Gasteiger partial charge in [0, 0.05) is 24.1 Å². The van der Waals surface area contributed by atoms with Gasteiger partial charge in [-0.05, 0) is 6.07 Å². The zero-order valence-corrected chi connectivity index (χ0v) is 8.16. The van der Waals surface area contributed by atoms with Gasteiger partial charge in [0.15, 0.2) is 0 Å². The third kappa shape index (κ3) is 2.67. The summed E-state index contributed by atoms with van der Waals surface area (Å²) in [4.78, 5) is 20.3. The Morgan fingerprint density at radius 2 is 2.19 bits per heavy atom. The molecule has 0 heterocycles. The van der Waals surface area contributed by atoms with Gasteiger partial charge in [-0.1, -0.05) is 0 Å². The van der Waals surface area contributed by atoms with Crippen LogP contribution < -0.4 is 5.73 Å². The molecule has 86 valence electrons. The zero-order chi connectivity index (χ0) is 12.3. The van der Waals surface area contributed by atoms with Gasteiger partial charge in [-0.3, -0.25) is 14.9 Å². The van der Waals surface area contributed by atoms with Crippen molar-refractivity contribution in [3.8, 4) is 5.75 Å². The highest BCUT2D eigenvalue weighted by Gasteiger charge is 2.17. The Bertz CT molecular complexity index is 432. The zero-order valence-electron chi connectivity index (χ0n) is 8.16. The van der Waals surface area contributed by atoms with Gasteiger partial charge in [0.25, 0.3) is 5.69 Å². The summed E-state index contributed by atoms with van der Waals surface area (Å²) in [5, 5.41) is 28.4. The summed E-state index contributed by atoms with van der Waals surface area (Å²) >= 11 is 0. The van der Waals surface area contributed by atoms with Crippen molar-refractivity contribution in [1.82, 2.24) is 0 Å². The van der Waals surface area contributed by atoms with Crippen LogP contribution in [0, 0.1) is 10.1 Å². The second-order valence-corrected chi connectivity index (χ2v) is 3.22. The molecule has 1 rings (SSSR count). The molecule has 0 aliphatic heterocycles. The summed E-state index contributed by atoms with van der Waals surface area (Å²) in [6, 6.07) is 2.18. The first-order chi connectivity index (χ1) is 7.41. The van der Waals surface area contributed by atoms with Gasteiger partial charge in [0.05, 0.1) is 4.92 Å². The Kier molecular flexibility index (Phi) is 3.41. The number of phenols is 1. The smallest absolute Gasteiger partial charge is 0.320 e. The van der Waals surface area contributed by atoms with Gasteiger partial charge in [-0.2, -0.15) is 0 Å². The lowest BCUT2D eigenvalue weighted by atomic mass is 10.0. The van der Waals surface area contributed by atoms with E-state index >= 15 is 0 Å². The van der Waals surface area contributed by atoms with Gasteiger partial charge >= 0.3 is 5.97 Å². The molecule has 0 aromatic heterocycles. The van der Waals surface area contributed by atoms with E-state index in [0.717, 1.165) is 18.2 Å². The maximum absolute atomic E-state index is 10.5.